The minimum Gasteiger partial charge on any atom is -0.418 e. The molecule has 0 fully saturated rings. The van der Waals surface area contributed by atoms with Gasteiger partial charge in [0.1, 0.15) is 74.1 Å². The van der Waals surface area contributed by atoms with Gasteiger partial charge in [0.2, 0.25) is 0 Å². The fraction of sp³-hybridized carbons (Fsp3) is 0.128. The molecule has 0 amide bonds. The summed E-state index contributed by atoms with van der Waals surface area (Å²) in [5, 5.41) is 12.0. The molecule has 12 rings (SSSR count). The normalized spacial score (nSPS) is 10.3. The number of ether oxygens (including phenoxy) is 2. The molecule has 4 aromatic heterocycles. The second-order valence-corrected chi connectivity index (χ2v) is 31.9. The zero-order valence-corrected chi connectivity index (χ0v) is 61.8. The van der Waals surface area contributed by atoms with Crippen LogP contribution in [0.15, 0.2) is 340 Å². The second kappa shape index (κ2) is 51.7. The van der Waals surface area contributed by atoms with Gasteiger partial charge >= 0.3 is 48.6 Å². The molecule has 0 saturated carbocycles. The van der Waals surface area contributed by atoms with Crippen LogP contribution < -0.4 is 42.4 Å². The van der Waals surface area contributed by atoms with E-state index in [2.05, 4.69) is 263 Å². The Bertz CT molecular complexity index is 3210. The molecule has 0 bridgehead atoms. The summed E-state index contributed by atoms with van der Waals surface area (Å²) in [5.41, 5.74) is 3.66. The molecule has 0 aliphatic heterocycles. The number of rotatable bonds is 18. The quantitative estimate of drug-likeness (QED) is 0.0484. The van der Waals surface area contributed by atoms with Crippen LogP contribution in [0.25, 0.3) is 22.8 Å². The summed E-state index contributed by atoms with van der Waals surface area (Å²) in [5.74, 6) is 2.49. The molecule has 0 unspecified atom stereocenters. The van der Waals surface area contributed by atoms with Crippen LogP contribution in [0.3, 0.4) is 0 Å². The number of nitrogens with zero attached hydrogens (tertiary/aromatic N) is 4. The molecule has 22 heteroatoms. The Balaban J connectivity index is 0.000000328. The molecule has 6 nitrogen and oxygen atoms in total. The first-order valence-corrected chi connectivity index (χ1v) is 38.8. The summed E-state index contributed by atoms with van der Waals surface area (Å²) < 4.78 is 87.7. The summed E-state index contributed by atoms with van der Waals surface area (Å²) in [6, 6.07) is 112. The third-order valence-electron chi connectivity index (χ3n) is 13.7. The average molecular weight is 1530 g/mol. The molecule has 0 atom stereocenters. The van der Waals surface area contributed by atoms with Gasteiger partial charge in [-0.15, -0.1) is 0 Å². The molecule has 12 aromatic rings. The SMILES string of the molecule is CCOCC.CCOCC.F[B-](F)(F)F.F[B-](F)(F)F.[Cu+].[Cu+].c1ccc(-c2ccccn2)nc1.c1ccc(-c2ccccn2)nc1.c1ccc([PH+](C[PH+](c2ccccc2)c2ccccc2)c2ccccc2)cc1.c1ccc([PH+](C[PH+](c2ccccc2)c2ccccc2)c2ccccc2)cc1. The first-order chi connectivity index (χ1) is 47.6. The van der Waals surface area contributed by atoms with Crippen molar-refractivity contribution in [3.8, 4) is 22.8 Å². The van der Waals surface area contributed by atoms with Crippen LogP contribution in [0.5, 0.6) is 0 Å². The topological polar surface area (TPSA) is 70.0 Å². The maximum Gasteiger partial charge on any atom is 1.00 e. The molecular weight excluding hydrogens is 1450 g/mol. The van der Waals surface area contributed by atoms with E-state index in [1.54, 1.807) is 24.8 Å². The molecular formula is C78H84B2Cu2F8N4O2P4+4. The Hall–Kier alpha value is -7.39. The summed E-state index contributed by atoms with van der Waals surface area (Å²) >= 11 is 0. The Morgan fingerprint density at radius 1 is 0.230 bits per heavy atom. The monoisotopic (exact) mass is 1530 g/mol. The van der Waals surface area contributed by atoms with E-state index in [0.717, 1.165) is 49.2 Å². The number of pyridine rings is 4. The minimum absolute atomic E-state index is 0. The summed E-state index contributed by atoms with van der Waals surface area (Å²) in [4.78, 5) is 16.7. The fourth-order valence-electron chi connectivity index (χ4n) is 9.42. The standard InChI is InChI=1S/2C25H22P2.2C10H8N2.2C4H10O.2BF4.2Cu/c2*1-5-13-22(14-6-1)26(23-15-7-2-8-16-23)21-27(24-17-9-3-10-18-24)25-19-11-4-12-20-25;2*1-3-7-11-9(5-1)10-6-2-4-8-12-10;2*1-3-5-4-2;2*2-1(3,4)5;;/h2*1-20H,21H2;2*1-8H;2*3-4H2,1-2H3;;;;/q;;;;;;2*-1;2*+1/p+4. The van der Waals surface area contributed by atoms with Crippen LogP contribution >= 0.6 is 31.7 Å². The van der Waals surface area contributed by atoms with E-state index in [-0.39, 0.29) is 34.1 Å². The molecule has 528 valence electrons. The molecule has 0 aliphatic rings. The van der Waals surface area contributed by atoms with E-state index >= 15 is 0 Å². The van der Waals surface area contributed by atoms with E-state index in [1.807, 2.05) is 100 Å². The van der Waals surface area contributed by atoms with Gasteiger partial charge in [0.05, 0.1) is 22.8 Å². The third-order valence-corrected chi connectivity index (χ3v) is 27.6. The Labute approximate surface area is 611 Å². The van der Waals surface area contributed by atoms with Crippen LogP contribution in [-0.4, -0.2) is 72.7 Å². The van der Waals surface area contributed by atoms with Crippen molar-refractivity contribution in [1.82, 2.24) is 19.9 Å². The van der Waals surface area contributed by atoms with Crippen LogP contribution in [-0.2, 0) is 43.6 Å². The van der Waals surface area contributed by atoms with E-state index in [9.17, 15) is 34.5 Å². The zero-order chi connectivity index (χ0) is 70.3. The van der Waals surface area contributed by atoms with E-state index in [4.69, 9.17) is 9.47 Å². The van der Waals surface area contributed by atoms with Crippen molar-refractivity contribution in [3.05, 3.63) is 340 Å². The van der Waals surface area contributed by atoms with Gasteiger partial charge in [0.25, 0.3) is 0 Å². The van der Waals surface area contributed by atoms with Crippen molar-refractivity contribution in [1.29, 1.82) is 0 Å². The van der Waals surface area contributed by atoms with Crippen LogP contribution in [0.2, 0.25) is 0 Å². The maximum atomic E-state index is 9.75. The number of hydrogen-bond acceptors (Lipinski definition) is 6. The molecule has 0 spiro atoms. The molecule has 8 aromatic carbocycles. The smallest absolute Gasteiger partial charge is 0.418 e. The summed E-state index contributed by atoms with van der Waals surface area (Å²) in [6.45, 7) is 11.3. The maximum absolute atomic E-state index is 9.75. The zero-order valence-electron chi connectivity index (χ0n) is 56.0. The van der Waals surface area contributed by atoms with E-state index in [1.165, 1.54) is 54.2 Å². The van der Waals surface area contributed by atoms with Crippen LogP contribution in [0.4, 0.5) is 34.5 Å². The van der Waals surface area contributed by atoms with Gasteiger partial charge in [-0.2, -0.15) is 0 Å². The Morgan fingerprint density at radius 2 is 0.360 bits per heavy atom. The van der Waals surface area contributed by atoms with Gasteiger partial charge in [-0.3, -0.25) is 19.9 Å². The molecule has 4 heterocycles. The van der Waals surface area contributed by atoms with Crippen molar-refractivity contribution in [3.63, 3.8) is 0 Å². The number of aromatic nitrogens is 4. The molecule has 0 saturated heterocycles. The first-order valence-electron chi connectivity index (χ1n) is 32.0. The second-order valence-electron chi connectivity index (χ2n) is 20.6. The fourth-order valence-corrected chi connectivity index (χ4v) is 24.9. The van der Waals surface area contributed by atoms with Crippen LogP contribution in [0.1, 0.15) is 27.7 Å². The predicted molar refractivity (Wildman–Crippen MR) is 411 cm³/mol. The number of benzene rings is 8. The molecule has 100 heavy (non-hydrogen) atoms. The van der Waals surface area contributed by atoms with E-state index in [0.29, 0.717) is 0 Å². The molecule has 0 radical (unpaired) electrons. The van der Waals surface area contributed by atoms with Gasteiger partial charge in [-0.1, -0.05) is 170 Å². The van der Waals surface area contributed by atoms with Gasteiger partial charge in [0.15, 0.2) is 11.8 Å². The van der Waals surface area contributed by atoms with Crippen LogP contribution in [0, 0.1) is 0 Å². The van der Waals surface area contributed by atoms with Crippen molar-refractivity contribution in [2.75, 3.05) is 38.2 Å². The van der Waals surface area contributed by atoms with Crippen molar-refractivity contribution in [2.45, 2.75) is 27.7 Å². The Kier molecular flexibility index (Phi) is 44.9. The van der Waals surface area contributed by atoms with Crippen molar-refractivity contribution < 1.29 is 78.1 Å². The predicted octanol–water partition coefficient (Wildman–Crippen LogP) is 18.3. The van der Waals surface area contributed by atoms with Crippen molar-refractivity contribution >= 4 is 88.6 Å². The Morgan fingerprint density at radius 3 is 0.460 bits per heavy atom. The summed E-state index contributed by atoms with van der Waals surface area (Å²) in [6.07, 6.45) is 7.07. The third kappa shape index (κ3) is 36.8. The first kappa shape index (κ1) is 86.8. The number of halogens is 8. The van der Waals surface area contributed by atoms with Gasteiger partial charge in [-0.05, 0) is 173 Å². The average Bonchev–Trinajstić information content (AvgIpc) is 0.843. The minimum atomic E-state index is -6.00. The van der Waals surface area contributed by atoms with Gasteiger partial charge < -0.3 is 44.0 Å². The van der Waals surface area contributed by atoms with Crippen molar-refractivity contribution in [2.24, 2.45) is 0 Å². The van der Waals surface area contributed by atoms with Gasteiger partial charge in [-0.25, -0.2) is 0 Å². The van der Waals surface area contributed by atoms with Gasteiger partial charge in [0, 0.05) is 51.2 Å². The molecule has 0 N–H and O–H groups in total. The number of hydrogen-bond donors (Lipinski definition) is 0. The largest absolute Gasteiger partial charge is 1.00 e. The molecule has 0 aliphatic carbocycles. The van der Waals surface area contributed by atoms with E-state index < -0.39 is 46.2 Å². The summed E-state index contributed by atoms with van der Waals surface area (Å²) in [7, 11) is -15.4.